The van der Waals surface area contributed by atoms with Crippen LogP contribution in [0.2, 0.25) is 0 Å². The second-order valence-electron chi connectivity index (χ2n) is 3.62. The number of H-pyrrole nitrogens is 1. The molecule has 1 aromatic carbocycles. The third kappa shape index (κ3) is 1.65. The first-order chi connectivity index (χ1) is 7.92. The number of rotatable bonds is 2. The maximum absolute atomic E-state index is 4.40. The van der Waals surface area contributed by atoms with E-state index in [0.717, 1.165) is 23.3 Å². The van der Waals surface area contributed by atoms with Crippen LogP contribution in [0, 0.1) is 0 Å². The summed E-state index contributed by atoms with van der Waals surface area (Å²) < 4.78 is 0. The summed E-state index contributed by atoms with van der Waals surface area (Å²) in [4.78, 5) is 8.70. The van der Waals surface area contributed by atoms with Crippen LogP contribution in [0.15, 0.2) is 42.7 Å². The molecule has 1 N–H and O–H groups in total. The van der Waals surface area contributed by atoms with Crippen LogP contribution in [0.5, 0.6) is 0 Å². The van der Waals surface area contributed by atoms with Crippen molar-refractivity contribution in [1.29, 1.82) is 0 Å². The minimum absolute atomic E-state index is 0.746. The molecule has 0 aliphatic carbocycles. The van der Waals surface area contributed by atoms with Gasteiger partial charge in [-0.3, -0.25) is 5.10 Å². The van der Waals surface area contributed by atoms with Crippen molar-refractivity contribution in [2.45, 2.75) is 6.42 Å². The fraction of sp³-hybridized carbons (Fsp3) is 0.0833. The lowest BCUT2D eigenvalue weighted by Crippen LogP contribution is -1.96. The predicted octanol–water partition coefficient (Wildman–Crippen LogP) is 1.94. The maximum Gasteiger partial charge on any atom is 0.158 e. The molecule has 0 radical (unpaired) electrons. The van der Waals surface area contributed by atoms with Crippen LogP contribution < -0.4 is 0 Å². The van der Waals surface area contributed by atoms with Gasteiger partial charge in [-0.05, 0) is 5.56 Å². The van der Waals surface area contributed by atoms with E-state index in [1.54, 1.807) is 12.4 Å². The SMILES string of the molecule is c1ccc(Cc2ncc3cn[nH]c3n2)cc1. The van der Waals surface area contributed by atoms with E-state index in [0.29, 0.717) is 0 Å². The Balaban J connectivity index is 1.94. The van der Waals surface area contributed by atoms with Crippen molar-refractivity contribution in [3.8, 4) is 0 Å². The predicted molar refractivity (Wildman–Crippen MR) is 60.9 cm³/mol. The molecule has 3 rings (SSSR count). The maximum atomic E-state index is 4.40. The van der Waals surface area contributed by atoms with Gasteiger partial charge in [0.2, 0.25) is 0 Å². The van der Waals surface area contributed by atoms with Crippen molar-refractivity contribution in [3.63, 3.8) is 0 Å². The lowest BCUT2D eigenvalue weighted by molar-refractivity contribution is 0.978. The van der Waals surface area contributed by atoms with Crippen LogP contribution in [0.4, 0.5) is 0 Å². The van der Waals surface area contributed by atoms with E-state index in [2.05, 4.69) is 32.3 Å². The van der Waals surface area contributed by atoms with E-state index in [1.165, 1.54) is 5.56 Å². The summed E-state index contributed by atoms with van der Waals surface area (Å²) in [5, 5.41) is 7.71. The molecule has 4 nitrogen and oxygen atoms in total. The molecule has 2 aromatic heterocycles. The van der Waals surface area contributed by atoms with E-state index in [4.69, 9.17) is 0 Å². The van der Waals surface area contributed by atoms with E-state index in [9.17, 15) is 0 Å². The summed E-state index contributed by atoms with van der Waals surface area (Å²) in [6.45, 7) is 0. The first-order valence-electron chi connectivity index (χ1n) is 5.11. The molecular formula is C12H10N4. The number of aromatic amines is 1. The number of aromatic nitrogens is 4. The van der Waals surface area contributed by atoms with Gasteiger partial charge in [0.25, 0.3) is 0 Å². The summed E-state index contributed by atoms with van der Waals surface area (Å²) in [7, 11) is 0. The van der Waals surface area contributed by atoms with Crippen molar-refractivity contribution in [1.82, 2.24) is 20.2 Å². The smallest absolute Gasteiger partial charge is 0.158 e. The number of nitrogens with zero attached hydrogens (tertiary/aromatic N) is 3. The molecule has 0 saturated heterocycles. The van der Waals surface area contributed by atoms with Gasteiger partial charge in [-0.25, -0.2) is 9.97 Å². The molecule has 16 heavy (non-hydrogen) atoms. The van der Waals surface area contributed by atoms with E-state index in [1.807, 2.05) is 18.2 Å². The lowest BCUT2D eigenvalue weighted by Gasteiger charge is -1.99. The highest BCUT2D eigenvalue weighted by Gasteiger charge is 2.02. The third-order valence-electron chi connectivity index (χ3n) is 2.45. The van der Waals surface area contributed by atoms with Crippen LogP contribution >= 0.6 is 0 Å². The van der Waals surface area contributed by atoms with Gasteiger partial charge in [0.15, 0.2) is 5.65 Å². The van der Waals surface area contributed by atoms with Crippen LogP contribution in [0.25, 0.3) is 11.0 Å². The Morgan fingerprint density at radius 2 is 1.94 bits per heavy atom. The van der Waals surface area contributed by atoms with Gasteiger partial charge in [-0.1, -0.05) is 30.3 Å². The highest BCUT2D eigenvalue weighted by atomic mass is 15.1. The monoisotopic (exact) mass is 210 g/mol. The molecule has 0 saturated carbocycles. The molecule has 2 heterocycles. The molecular weight excluding hydrogens is 200 g/mol. The number of hydrogen-bond donors (Lipinski definition) is 1. The van der Waals surface area contributed by atoms with Gasteiger partial charge in [-0.2, -0.15) is 5.10 Å². The quantitative estimate of drug-likeness (QED) is 0.703. The Hall–Kier alpha value is -2.23. The number of nitrogens with one attached hydrogen (secondary N) is 1. The van der Waals surface area contributed by atoms with Crippen molar-refractivity contribution >= 4 is 11.0 Å². The van der Waals surface area contributed by atoms with E-state index < -0.39 is 0 Å². The van der Waals surface area contributed by atoms with Crippen LogP contribution in [0.1, 0.15) is 11.4 Å². The summed E-state index contributed by atoms with van der Waals surface area (Å²) in [5.41, 5.74) is 2.00. The number of benzene rings is 1. The molecule has 0 atom stereocenters. The Kier molecular flexibility index (Phi) is 2.11. The fourth-order valence-electron chi connectivity index (χ4n) is 1.64. The van der Waals surface area contributed by atoms with Crippen LogP contribution in [0.3, 0.4) is 0 Å². The normalized spacial score (nSPS) is 10.8. The van der Waals surface area contributed by atoms with E-state index in [-0.39, 0.29) is 0 Å². The first kappa shape index (κ1) is 9.03. The van der Waals surface area contributed by atoms with Gasteiger partial charge in [-0.15, -0.1) is 0 Å². The van der Waals surface area contributed by atoms with Gasteiger partial charge in [0, 0.05) is 12.6 Å². The fourth-order valence-corrected chi connectivity index (χ4v) is 1.64. The molecule has 0 amide bonds. The molecule has 0 spiro atoms. The summed E-state index contributed by atoms with van der Waals surface area (Å²) in [6, 6.07) is 10.2. The molecule has 3 aromatic rings. The van der Waals surface area contributed by atoms with Gasteiger partial charge in [0.05, 0.1) is 11.6 Å². The zero-order valence-corrected chi connectivity index (χ0v) is 8.59. The molecule has 0 unspecified atom stereocenters. The van der Waals surface area contributed by atoms with Crippen LogP contribution in [-0.4, -0.2) is 20.2 Å². The first-order valence-corrected chi connectivity index (χ1v) is 5.11. The topological polar surface area (TPSA) is 54.5 Å². The Labute approximate surface area is 92.4 Å². The third-order valence-corrected chi connectivity index (χ3v) is 2.45. The summed E-state index contributed by atoms with van der Waals surface area (Å²) in [6.07, 6.45) is 4.27. The van der Waals surface area contributed by atoms with Crippen molar-refractivity contribution in [3.05, 3.63) is 54.1 Å². The van der Waals surface area contributed by atoms with Crippen molar-refractivity contribution in [2.24, 2.45) is 0 Å². The lowest BCUT2D eigenvalue weighted by atomic mass is 10.1. The molecule has 0 aliphatic heterocycles. The largest absolute Gasteiger partial charge is 0.261 e. The van der Waals surface area contributed by atoms with E-state index >= 15 is 0 Å². The second kappa shape index (κ2) is 3.73. The molecule has 0 fully saturated rings. The van der Waals surface area contributed by atoms with Gasteiger partial charge < -0.3 is 0 Å². The van der Waals surface area contributed by atoms with Crippen LogP contribution in [-0.2, 0) is 6.42 Å². The number of fused-ring (bicyclic) bond motifs is 1. The minimum atomic E-state index is 0.746. The Morgan fingerprint density at radius 1 is 1.06 bits per heavy atom. The molecule has 0 bridgehead atoms. The highest BCUT2D eigenvalue weighted by molar-refractivity contribution is 5.72. The average Bonchev–Trinajstić information content (AvgIpc) is 2.77. The molecule has 4 heteroatoms. The van der Waals surface area contributed by atoms with Crippen molar-refractivity contribution in [2.75, 3.05) is 0 Å². The molecule has 78 valence electrons. The average molecular weight is 210 g/mol. The second-order valence-corrected chi connectivity index (χ2v) is 3.62. The zero-order valence-electron chi connectivity index (χ0n) is 8.59. The molecule has 0 aliphatic rings. The summed E-state index contributed by atoms with van der Waals surface area (Å²) in [5.74, 6) is 0.808. The van der Waals surface area contributed by atoms with Gasteiger partial charge in [0.1, 0.15) is 5.82 Å². The highest BCUT2D eigenvalue weighted by Crippen LogP contribution is 2.09. The van der Waals surface area contributed by atoms with Crippen molar-refractivity contribution < 1.29 is 0 Å². The Morgan fingerprint density at radius 3 is 2.81 bits per heavy atom. The zero-order chi connectivity index (χ0) is 10.8. The minimum Gasteiger partial charge on any atom is -0.261 e. The Bertz CT molecular complexity index is 600. The summed E-state index contributed by atoms with van der Waals surface area (Å²) >= 11 is 0. The van der Waals surface area contributed by atoms with Gasteiger partial charge >= 0.3 is 0 Å². The number of hydrogen-bond acceptors (Lipinski definition) is 3. The standard InChI is InChI=1S/C12H10N4/c1-2-4-9(5-3-1)6-11-13-7-10-8-14-16-12(10)15-11/h1-5,7-8H,6H2,(H,13,14,15,16).